The number of hydroxylamine groups is 2. The lowest BCUT2D eigenvalue weighted by Crippen LogP contribution is -2.67. The topological polar surface area (TPSA) is 301 Å². The van der Waals surface area contributed by atoms with Crippen molar-refractivity contribution in [3.8, 4) is 0 Å². The van der Waals surface area contributed by atoms with E-state index < -0.39 is 90.9 Å². The van der Waals surface area contributed by atoms with Gasteiger partial charge in [0.25, 0.3) is 0 Å². The van der Waals surface area contributed by atoms with E-state index >= 15 is 0 Å². The molecule has 2 heterocycles. The Morgan fingerprint density at radius 3 is 2.32 bits per heavy atom. The van der Waals surface area contributed by atoms with Crippen molar-refractivity contribution in [2.75, 3.05) is 46.4 Å². The average Bonchev–Trinajstić information content (AvgIpc) is 2.97. The SMILES string of the molecule is CN[C@@H]1[C@@H](O)[C@@H](O[C@H]2[C@H](CC(=O)N(O)CCN)C[C@H](N)C(O[C@H]3O[C@H](CNCCCN)[C@@H](O)[C@H](O)[C@H]3O)[C@@H]2O)OC[C@]1(C)O. The Labute approximate surface area is 256 Å². The summed E-state index contributed by atoms with van der Waals surface area (Å²) in [6.07, 6.45) is -13.8. The van der Waals surface area contributed by atoms with Gasteiger partial charge in [-0.15, -0.1) is 0 Å². The minimum atomic E-state index is -1.70. The average molecular weight is 641 g/mol. The lowest BCUT2D eigenvalue weighted by molar-refractivity contribution is -0.333. The van der Waals surface area contributed by atoms with Crippen molar-refractivity contribution in [2.24, 2.45) is 23.1 Å². The molecule has 18 heteroatoms. The molecule has 15 N–H and O–H groups in total. The summed E-state index contributed by atoms with van der Waals surface area (Å²) in [6, 6.07) is -1.82. The van der Waals surface area contributed by atoms with Crippen LogP contribution in [0, 0.1) is 5.92 Å². The summed E-state index contributed by atoms with van der Waals surface area (Å²) in [5.41, 5.74) is 15.9. The Bertz CT molecular complexity index is 894. The molecule has 3 fully saturated rings. The fraction of sp³-hybridized carbons (Fsp3) is 0.962. The highest BCUT2D eigenvalue weighted by Crippen LogP contribution is 2.36. The molecule has 1 amide bonds. The second kappa shape index (κ2) is 16.6. The number of likely N-dealkylation sites (N-methyl/N-ethyl adjacent to an activating group) is 1. The summed E-state index contributed by atoms with van der Waals surface area (Å²) in [4.78, 5) is 12.7. The van der Waals surface area contributed by atoms with Crippen LogP contribution in [0.4, 0.5) is 0 Å². The van der Waals surface area contributed by atoms with E-state index in [1.807, 2.05) is 0 Å². The number of ether oxygens (including phenoxy) is 4. The molecule has 0 aromatic rings. The summed E-state index contributed by atoms with van der Waals surface area (Å²) in [5, 5.41) is 81.1. The number of aliphatic hydroxyl groups excluding tert-OH is 5. The molecule has 14 atom stereocenters. The van der Waals surface area contributed by atoms with E-state index in [0.29, 0.717) is 24.6 Å². The molecule has 44 heavy (non-hydrogen) atoms. The zero-order valence-corrected chi connectivity index (χ0v) is 25.2. The normalized spacial score (nSPS) is 43.1. The van der Waals surface area contributed by atoms with E-state index in [-0.39, 0.29) is 39.1 Å². The van der Waals surface area contributed by atoms with Crippen LogP contribution in [0.2, 0.25) is 0 Å². The first-order valence-corrected chi connectivity index (χ1v) is 15.0. The molecule has 3 aliphatic rings. The molecule has 2 saturated heterocycles. The molecule has 18 nitrogen and oxygen atoms in total. The van der Waals surface area contributed by atoms with Gasteiger partial charge in [-0.2, -0.15) is 0 Å². The van der Waals surface area contributed by atoms with Crippen LogP contribution < -0.4 is 27.8 Å². The van der Waals surface area contributed by atoms with Gasteiger partial charge in [-0.05, 0) is 45.8 Å². The van der Waals surface area contributed by atoms with Gasteiger partial charge in [0.05, 0.1) is 25.3 Å². The maximum absolute atomic E-state index is 12.7. The number of rotatable bonds is 14. The van der Waals surface area contributed by atoms with Crippen molar-refractivity contribution in [3.63, 3.8) is 0 Å². The molecule has 1 unspecified atom stereocenters. The van der Waals surface area contributed by atoms with Crippen molar-refractivity contribution in [1.82, 2.24) is 15.7 Å². The van der Waals surface area contributed by atoms with Gasteiger partial charge >= 0.3 is 0 Å². The van der Waals surface area contributed by atoms with Crippen molar-refractivity contribution in [3.05, 3.63) is 0 Å². The molecule has 1 saturated carbocycles. The zero-order valence-electron chi connectivity index (χ0n) is 25.2. The highest BCUT2D eigenvalue weighted by Gasteiger charge is 2.53. The fourth-order valence-corrected chi connectivity index (χ4v) is 6.03. The molecule has 1 aliphatic carbocycles. The smallest absolute Gasteiger partial charge is 0.246 e. The Hall–Kier alpha value is -1.17. The molecule has 3 rings (SSSR count). The Balaban J connectivity index is 1.81. The second-order valence-electron chi connectivity index (χ2n) is 12.0. The number of amides is 1. The van der Waals surface area contributed by atoms with Crippen molar-refractivity contribution >= 4 is 5.91 Å². The van der Waals surface area contributed by atoms with E-state index in [0.717, 1.165) is 0 Å². The number of nitrogens with one attached hydrogen (secondary N) is 2. The van der Waals surface area contributed by atoms with Crippen LogP contribution in [-0.2, 0) is 23.7 Å². The van der Waals surface area contributed by atoms with E-state index in [4.69, 9.17) is 36.1 Å². The third-order valence-corrected chi connectivity index (χ3v) is 8.50. The first kappa shape index (κ1) is 37.3. The molecule has 0 aromatic heterocycles. The van der Waals surface area contributed by atoms with Gasteiger partial charge in [-0.25, -0.2) is 5.06 Å². The van der Waals surface area contributed by atoms with Crippen LogP contribution in [0.15, 0.2) is 0 Å². The number of nitrogens with two attached hydrogens (primary N) is 3. The van der Waals surface area contributed by atoms with Crippen LogP contribution in [0.3, 0.4) is 0 Å². The van der Waals surface area contributed by atoms with E-state index in [1.165, 1.54) is 6.92 Å². The van der Waals surface area contributed by atoms with E-state index in [2.05, 4.69) is 10.6 Å². The number of carbonyl (C=O) groups is 1. The predicted molar refractivity (Wildman–Crippen MR) is 151 cm³/mol. The number of aliphatic hydroxyl groups is 6. The first-order valence-electron chi connectivity index (χ1n) is 15.0. The highest BCUT2D eigenvalue weighted by molar-refractivity contribution is 5.75. The van der Waals surface area contributed by atoms with Gasteiger partial charge in [0.15, 0.2) is 12.6 Å². The van der Waals surface area contributed by atoms with Crippen LogP contribution in [-0.4, -0.2) is 172 Å². The summed E-state index contributed by atoms with van der Waals surface area (Å²) in [7, 11) is 1.54. The summed E-state index contributed by atoms with van der Waals surface area (Å²) in [6.45, 7) is 2.20. The molecule has 2 aliphatic heterocycles. The predicted octanol–water partition coefficient (Wildman–Crippen LogP) is -6.17. The van der Waals surface area contributed by atoms with Gasteiger partial charge in [0.2, 0.25) is 5.91 Å². The second-order valence-corrected chi connectivity index (χ2v) is 12.0. The number of carbonyl (C=O) groups excluding carboxylic acids is 1. The molecule has 0 spiro atoms. The van der Waals surface area contributed by atoms with Gasteiger partial charge in [-0.1, -0.05) is 0 Å². The van der Waals surface area contributed by atoms with E-state index in [9.17, 15) is 40.6 Å². The Morgan fingerprint density at radius 2 is 1.68 bits per heavy atom. The zero-order chi connectivity index (χ0) is 32.8. The Morgan fingerprint density at radius 1 is 1.00 bits per heavy atom. The fourth-order valence-electron chi connectivity index (χ4n) is 6.03. The maximum Gasteiger partial charge on any atom is 0.246 e. The van der Waals surface area contributed by atoms with E-state index in [1.54, 1.807) is 7.05 Å². The summed E-state index contributed by atoms with van der Waals surface area (Å²) in [5.74, 6) is -1.52. The first-order chi connectivity index (χ1) is 20.8. The highest BCUT2D eigenvalue weighted by atomic mass is 16.7. The summed E-state index contributed by atoms with van der Waals surface area (Å²) < 4.78 is 23.4. The molecule has 0 aromatic carbocycles. The largest absolute Gasteiger partial charge is 0.388 e. The molecule has 0 radical (unpaired) electrons. The van der Waals surface area contributed by atoms with Gasteiger partial charge in [0, 0.05) is 25.6 Å². The van der Waals surface area contributed by atoms with Crippen molar-refractivity contribution in [2.45, 2.75) is 105 Å². The quantitative estimate of drug-likeness (QED) is 0.0477. The maximum atomic E-state index is 12.7. The third-order valence-electron chi connectivity index (χ3n) is 8.50. The number of hydrogen-bond donors (Lipinski definition) is 12. The molecule has 258 valence electrons. The van der Waals surface area contributed by atoms with Crippen LogP contribution >= 0.6 is 0 Å². The van der Waals surface area contributed by atoms with Crippen LogP contribution in [0.25, 0.3) is 0 Å². The molecule has 0 bridgehead atoms. The van der Waals surface area contributed by atoms with Crippen LogP contribution in [0.1, 0.15) is 26.2 Å². The lowest BCUT2D eigenvalue weighted by atomic mass is 9.77. The molecular weight excluding hydrogens is 588 g/mol. The number of hydrogen-bond acceptors (Lipinski definition) is 17. The molecular formula is C26H52N6O12. The third kappa shape index (κ3) is 8.79. The van der Waals surface area contributed by atoms with Crippen LogP contribution in [0.5, 0.6) is 0 Å². The minimum absolute atomic E-state index is 0.00608. The Kier molecular flexibility index (Phi) is 14.1. The standard InChI is InChI=1S/C26H52N6O12/c1-26(39)11-41-24(20(38)23(26)30-2)43-21-12(9-15(33)32(40)7-5-28)8-13(29)22(19(21)37)44-25-18(36)17(35)16(34)14(42-25)10-31-6-3-4-27/h12-14,16-25,30-31,34-40H,3-11,27-29H2,1-2H3/t12-,13-,14+,16+,17-,18+,19+,20+,21-,22?,23+,24+,25+,26-/m0/s1. The summed E-state index contributed by atoms with van der Waals surface area (Å²) >= 11 is 0. The van der Waals surface area contributed by atoms with Gasteiger partial charge < -0.3 is 77.4 Å². The minimum Gasteiger partial charge on any atom is -0.388 e. The number of nitrogens with zero attached hydrogens (tertiary/aromatic N) is 1. The van der Waals surface area contributed by atoms with Crippen molar-refractivity contribution in [1.29, 1.82) is 0 Å². The van der Waals surface area contributed by atoms with Crippen molar-refractivity contribution < 1.29 is 59.6 Å². The monoisotopic (exact) mass is 640 g/mol. The van der Waals surface area contributed by atoms with Gasteiger partial charge in [-0.3, -0.25) is 10.0 Å². The van der Waals surface area contributed by atoms with Gasteiger partial charge in [0.1, 0.15) is 48.3 Å². The lowest BCUT2D eigenvalue weighted by Gasteiger charge is -2.49.